The van der Waals surface area contributed by atoms with Crippen molar-refractivity contribution in [2.75, 3.05) is 5.32 Å². The van der Waals surface area contributed by atoms with E-state index in [-0.39, 0.29) is 17.2 Å². The number of carboxylic acids is 1. The second-order valence-corrected chi connectivity index (χ2v) is 6.23. The molecule has 132 valence electrons. The van der Waals surface area contributed by atoms with Crippen LogP contribution < -0.4 is 5.32 Å². The van der Waals surface area contributed by atoms with Gasteiger partial charge < -0.3 is 9.84 Å². The summed E-state index contributed by atoms with van der Waals surface area (Å²) in [6, 6.07) is 14.6. The Kier molecular flexibility index (Phi) is 5.28. The van der Waals surface area contributed by atoms with Crippen LogP contribution in [0.1, 0.15) is 15.9 Å². The highest BCUT2D eigenvalue weighted by Gasteiger charge is 2.21. The number of anilines is 1. The van der Waals surface area contributed by atoms with Crippen LogP contribution in [0.4, 0.5) is 14.2 Å². The number of carbonyl (C=O) groups is 2. The van der Waals surface area contributed by atoms with Gasteiger partial charge in [-0.05, 0) is 23.3 Å². The fourth-order valence-electron chi connectivity index (χ4n) is 2.36. The number of carboxylic acid groups (broad SMARTS) is 1. The standard InChI is InChI=1S/C19H14FNO4S/c20-14-8-6-13(7-9-14)15-11-26-17(16(15)18(22)23)21-19(24)25-10-12-4-2-1-3-5-12/h1-9,11H,10H2,(H,21,24)(H,22,23). The van der Waals surface area contributed by atoms with E-state index in [2.05, 4.69) is 5.32 Å². The van der Waals surface area contributed by atoms with Crippen molar-refractivity contribution in [3.63, 3.8) is 0 Å². The number of benzene rings is 2. The highest BCUT2D eigenvalue weighted by atomic mass is 32.1. The van der Waals surface area contributed by atoms with Gasteiger partial charge in [0.15, 0.2) is 0 Å². The smallest absolute Gasteiger partial charge is 0.412 e. The predicted molar refractivity (Wildman–Crippen MR) is 96.9 cm³/mol. The maximum absolute atomic E-state index is 13.1. The van der Waals surface area contributed by atoms with Gasteiger partial charge in [-0.25, -0.2) is 14.0 Å². The summed E-state index contributed by atoms with van der Waals surface area (Å²) in [7, 11) is 0. The minimum atomic E-state index is -1.19. The molecule has 7 heteroatoms. The Morgan fingerprint density at radius 3 is 2.42 bits per heavy atom. The Bertz CT molecular complexity index is 922. The molecule has 0 fully saturated rings. The van der Waals surface area contributed by atoms with E-state index in [1.165, 1.54) is 24.3 Å². The van der Waals surface area contributed by atoms with Gasteiger partial charge in [-0.15, -0.1) is 11.3 Å². The molecule has 0 saturated heterocycles. The van der Waals surface area contributed by atoms with Gasteiger partial charge in [0.1, 0.15) is 23.0 Å². The van der Waals surface area contributed by atoms with E-state index in [1.54, 1.807) is 5.38 Å². The second kappa shape index (κ2) is 7.79. The monoisotopic (exact) mass is 371 g/mol. The first kappa shape index (κ1) is 17.6. The molecule has 0 aliphatic carbocycles. The third kappa shape index (κ3) is 4.07. The molecule has 2 N–H and O–H groups in total. The number of hydrogen-bond donors (Lipinski definition) is 2. The normalized spacial score (nSPS) is 10.3. The summed E-state index contributed by atoms with van der Waals surface area (Å²) in [4.78, 5) is 23.6. The molecule has 0 atom stereocenters. The van der Waals surface area contributed by atoms with Gasteiger partial charge in [-0.3, -0.25) is 5.32 Å². The van der Waals surface area contributed by atoms with Crippen LogP contribution in [0.5, 0.6) is 0 Å². The van der Waals surface area contributed by atoms with Crippen LogP contribution in [0.2, 0.25) is 0 Å². The number of hydrogen-bond acceptors (Lipinski definition) is 4. The molecule has 3 aromatic rings. The summed E-state index contributed by atoms with van der Waals surface area (Å²) < 4.78 is 18.2. The maximum Gasteiger partial charge on any atom is 0.412 e. The molecule has 0 unspecified atom stereocenters. The number of halogens is 1. The van der Waals surface area contributed by atoms with Crippen LogP contribution >= 0.6 is 11.3 Å². The molecule has 1 heterocycles. The Morgan fingerprint density at radius 2 is 1.77 bits per heavy atom. The van der Waals surface area contributed by atoms with Crippen LogP contribution in [0.15, 0.2) is 60.0 Å². The number of rotatable bonds is 5. The first-order chi connectivity index (χ1) is 12.5. The maximum atomic E-state index is 13.1. The Balaban J connectivity index is 1.76. The van der Waals surface area contributed by atoms with E-state index in [1.807, 2.05) is 30.3 Å². The van der Waals surface area contributed by atoms with E-state index in [4.69, 9.17) is 4.74 Å². The Labute approximate surface area is 152 Å². The summed E-state index contributed by atoms with van der Waals surface area (Å²) in [6.07, 6.45) is -0.746. The summed E-state index contributed by atoms with van der Waals surface area (Å²) in [5.41, 5.74) is 1.71. The van der Waals surface area contributed by atoms with Gasteiger partial charge in [0.2, 0.25) is 0 Å². The number of thiophene rings is 1. The quantitative estimate of drug-likeness (QED) is 0.662. The molecule has 1 aromatic heterocycles. The van der Waals surface area contributed by atoms with Gasteiger partial charge >= 0.3 is 12.1 Å². The lowest BCUT2D eigenvalue weighted by atomic mass is 10.0. The van der Waals surface area contributed by atoms with E-state index in [0.29, 0.717) is 11.1 Å². The van der Waals surface area contributed by atoms with Crippen molar-refractivity contribution in [2.24, 2.45) is 0 Å². The van der Waals surface area contributed by atoms with Crippen LogP contribution in [-0.4, -0.2) is 17.2 Å². The number of amides is 1. The largest absolute Gasteiger partial charge is 0.478 e. The lowest BCUT2D eigenvalue weighted by molar-refractivity contribution is 0.0699. The van der Waals surface area contributed by atoms with E-state index in [0.717, 1.165) is 16.9 Å². The molecule has 0 aliphatic heterocycles. The van der Waals surface area contributed by atoms with Crippen molar-refractivity contribution in [1.82, 2.24) is 0 Å². The molecule has 26 heavy (non-hydrogen) atoms. The number of aromatic carboxylic acids is 1. The summed E-state index contributed by atoms with van der Waals surface area (Å²) in [6.45, 7) is 0.0747. The minimum Gasteiger partial charge on any atom is -0.478 e. The summed E-state index contributed by atoms with van der Waals surface area (Å²) >= 11 is 1.07. The zero-order valence-corrected chi connectivity index (χ0v) is 14.3. The molecule has 5 nitrogen and oxygen atoms in total. The topological polar surface area (TPSA) is 75.6 Å². The highest BCUT2D eigenvalue weighted by molar-refractivity contribution is 7.15. The van der Waals surface area contributed by atoms with Crippen molar-refractivity contribution >= 4 is 28.4 Å². The molecule has 0 radical (unpaired) electrons. The molecular formula is C19H14FNO4S. The average Bonchev–Trinajstić information content (AvgIpc) is 3.05. The SMILES string of the molecule is O=C(Nc1scc(-c2ccc(F)cc2)c1C(=O)O)OCc1ccccc1. The number of carbonyl (C=O) groups excluding carboxylic acids is 1. The van der Waals surface area contributed by atoms with Crippen molar-refractivity contribution < 1.29 is 23.8 Å². The van der Waals surface area contributed by atoms with Gasteiger partial charge in [0, 0.05) is 10.9 Å². The Morgan fingerprint density at radius 1 is 1.08 bits per heavy atom. The van der Waals surface area contributed by atoms with Crippen molar-refractivity contribution in [2.45, 2.75) is 6.61 Å². The third-order valence-corrected chi connectivity index (χ3v) is 4.48. The van der Waals surface area contributed by atoms with Crippen LogP contribution in [0.25, 0.3) is 11.1 Å². The van der Waals surface area contributed by atoms with Crippen molar-refractivity contribution in [3.8, 4) is 11.1 Å². The summed E-state index contributed by atoms with van der Waals surface area (Å²) in [5.74, 6) is -1.60. The highest BCUT2D eigenvalue weighted by Crippen LogP contribution is 2.35. The van der Waals surface area contributed by atoms with Gasteiger partial charge in [-0.2, -0.15) is 0 Å². The zero-order valence-electron chi connectivity index (χ0n) is 13.4. The third-order valence-electron chi connectivity index (χ3n) is 3.59. The Hall–Kier alpha value is -3.19. The van der Waals surface area contributed by atoms with E-state index >= 15 is 0 Å². The average molecular weight is 371 g/mol. The van der Waals surface area contributed by atoms with E-state index in [9.17, 15) is 19.1 Å². The molecule has 2 aromatic carbocycles. The molecule has 0 bridgehead atoms. The van der Waals surface area contributed by atoms with Crippen molar-refractivity contribution in [3.05, 3.63) is 76.9 Å². The zero-order chi connectivity index (χ0) is 18.5. The lowest BCUT2D eigenvalue weighted by Gasteiger charge is -2.07. The van der Waals surface area contributed by atoms with E-state index < -0.39 is 17.9 Å². The van der Waals surface area contributed by atoms with Crippen LogP contribution in [-0.2, 0) is 11.3 Å². The molecule has 1 amide bonds. The van der Waals surface area contributed by atoms with Gasteiger partial charge in [0.25, 0.3) is 0 Å². The molecule has 0 saturated carbocycles. The number of nitrogens with one attached hydrogen (secondary N) is 1. The van der Waals surface area contributed by atoms with Crippen LogP contribution in [0.3, 0.4) is 0 Å². The molecular weight excluding hydrogens is 357 g/mol. The van der Waals surface area contributed by atoms with Gasteiger partial charge in [-0.1, -0.05) is 42.5 Å². The van der Waals surface area contributed by atoms with Crippen molar-refractivity contribution in [1.29, 1.82) is 0 Å². The minimum absolute atomic E-state index is 0.0572. The molecule has 0 spiro atoms. The fraction of sp³-hybridized carbons (Fsp3) is 0.0526. The molecule has 3 rings (SSSR count). The fourth-order valence-corrected chi connectivity index (χ4v) is 3.30. The number of ether oxygens (including phenoxy) is 1. The molecule has 0 aliphatic rings. The summed E-state index contributed by atoms with van der Waals surface area (Å²) in [5, 5.41) is 13.7. The first-order valence-electron chi connectivity index (χ1n) is 7.63. The first-order valence-corrected chi connectivity index (χ1v) is 8.51. The van der Waals surface area contributed by atoms with Gasteiger partial charge in [0.05, 0.1) is 0 Å². The second-order valence-electron chi connectivity index (χ2n) is 5.35. The lowest BCUT2D eigenvalue weighted by Crippen LogP contribution is -2.14. The van der Waals surface area contributed by atoms with Crippen LogP contribution in [0, 0.1) is 5.82 Å². The predicted octanol–water partition coefficient (Wildman–Crippen LogP) is 5.00.